The molecule has 0 unspecified atom stereocenters. The number of benzene rings is 3. The molecule has 1 amide bonds. The molecule has 0 saturated carbocycles. The zero-order valence-electron chi connectivity index (χ0n) is 18.9. The van der Waals surface area contributed by atoms with Gasteiger partial charge in [-0.15, -0.1) is 0 Å². The first-order valence-electron chi connectivity index (χ1n) is 10.7. The molecule has 0 fully saturated rings. The van der Waals surface area contributed by atoms with E-state index in [4.69, 9.17) is 9.47 Å². The van der Waals surface area contributed by atoms with Crippen LogP contribution in [0.3, 0.4) is 0 Å². The fraction of sp³-hybridized carbons (Fsp3) is 0.111. The van der Waals surface area contributed by atoms with E-state index in [9.17, 15) is 4.79 Å². The van der Waals surface area contributed by atoms with Crippen LogP contribution in [-0.2, 0) is 6.61 Å². The van der Waals surface area contributed by atoms with Crippen LogP contribution in [0, 0.1) is 6.92 Å². The molecule has 0 aliphatic carbocycles. The highest BCUT2D eigenvalue weighted by atomic mass is 79.9. The van der Waals surface area contributed by atoms with Crippen LogP contribution in [0.2, 0.25) is 0 Å². The smallest absolute Gasteiger partial charge is 0.271 e. The van der Waals surface area contributed by atoms with E-state index in [0.29, 0.717) is 23.7 Å². The highest BCUT2D eigenvalue weighted by molar-refractivity contribution is 9.10. The van der Waals surface area contributed by atoms with Crippen LogP contribution in [0.4, 0.5) is 0 Å². The summed E-state index contributed by atoms with van der Waals surface area (Å²) in [6.07, 6.45) is 5.46. The van der Waals surface area contributed by atoms with Crippen molar-refractivity contribution >= 4 is 28.1 Å². The van der Waals surface area contributed by atoms with Crippen LogP contribution in [-0.4, -0.2) is 23.8 Å². The predicted octanol–water partition coefficient (Wildman–Crippen LogP) is 5.90. The Morgan fingerprint density at radius 3 is 2.44 bits per heavy atom. The van der Waals surface area contributed by atoms with Gasteiger partial charge in [-0.05, 0) is 82.5 Å². The Kier molecular flexibility index (Phi) is 7.44. The molecular formula is C27H24BrN3O3. The van der Waals surface area contributed by atoms with Crippen LogP contribution in [0.15, 0.2) is 94.8 Å². The van der Waals surface area contributed by atoms with Crippen molar-refractivity contribution in [2.24, 2.45) is 5.10 Å². The summed E-state index contributed by atoms with van der Waals surface area (Å²) in [5.74, 6) is 0.876. The highest BCUT2D eigenvalue weighted by Crippen LogP contribution is 2.36. The molecule has 7 heteroatoms. The van der Waals surface area contributed by atoms with Gasteiger partial charge in [-0.2, -0.15) is 5.10 Å². The van der Waals surface area contributed by atoms with Crippen molar-refractivity contribution in [3.63, 3.8) is 0 Å². The summed E-state index contributed by atoms with van der Waals surface area (Å²) in [5.41, 5.74) is 7.07. The molecule has 172 valence electrons. The van der Waals surface area contributed by atoms with Crippen molar-refractivity contribution in [2.45, 2.75) is 13.5 Å². The first-order valence-corrected chi connectivity index (χ1v) is 11.5. The van der Waals surface area contributed by atoms with Gasteiger partial charge in [0, 0.05) is 23.6 Å². The number of carbonyl (C=O) groups excluding carboxylic acids is 1. The molecule has 4 rings (SSSR count). The molecule has 0 atom stereocenters. The van der Waals surface area contributed by atoms with Crippen LogP contribution >= 0.6 is 15.9 Å². The summed E-state index contributed by atoms with van der Waals surface area (Å²) in [6, 6.07) is 23.0. The Morgan fingerprint density at radius 2 is 1.76 bits per heavy atom. The van der Waals surface area contributed by atoms with Crippen LogP contribution in [0.5, 0.6) is 11.5 Å². The minimum absolute atomic E-state index is 0.292. The number of ether oxygens (including phenoxy) is 2. The number of aromatic nitrogens is 1. The second kappa shape index (κ2) is 10.9. The lowest BCUT2D eigenvalue weighted by molar-refractivity contribution is 0.0955. The van der Waals surface area contributed by atoms with Crippen LogP contribution in [0.25, 0.3) is 5.69 Å². The average Bonchev–Trinajstić information content (AvgIpc) is 3.39. The zero-order valence-corrected chi connectivity index (χ0v) is 20.5. The van der Waals surface area contributed by atoms with Crippen molar-refractivity contribution in [3.05, 3.63) is 112 Å². The lowest BCUT2D eigenvalue weighted by atomic mass is 10.2. The van der Waals surface area contributed by atoms with Gasteiger partial charge in [0.1, 0.15) is 6.61 Å². The average molecular weight is 518 g/mol. The van der Waals surface area contributed by atoms with Crippen molar-refractivity contribution in [2.75, 3.05) is 7.11 Å². The lowest BCUT2D eigenvalue weighted by Crippen LogP contribution is -2.17. The Balaban J connectivity index is 1.39. The zero-order chi connectivity index (χ0) is 23.9. The van der Waals surface area contributed by atoms with E-state index >= 15 is 0 Å². The minimum atomic E-state index is -0.292. The van der Waals surface area contributed by atoms with Crippen LogP contribution in [0.1, 0.15) is 27.0 Å². The Labute approximate surface area is 207 Å². The van der Waals surface area contributed by atoms with Gasteiger partial charge in [-0.1, -0.05) is 29.8 Å². The predicted molar refractivity (Wildman–Crippen MR) is 137 cm³/mol. The summed E-state index contributed by atoms with van der Waals surface area (Å²) in [4.78, 5) is 12.4. The number of hydrogen-bond donors (Lipinski definition) is 1. The molecule has 0 saturated heterocycles. The Morgan fingerprint density at radius 1 is 1.06 bits per heavy atom. The van der Waals surface area contributed by atoms with E-state index in [0.717, 1.165) is 21.3 Å². The number of halogens is 1. The maximum Gasteiger partial charge on any atom is 0.271 e. The topological polar surface area (TPSA) is 64.8 Å². The highest BCUT2D eigenvalue weighted by Gasteiger charge is 2.12. The number of carbonyl (C=O) groups is 1. The van der Waals surface area contributed by atoms with Crippen molar-refractivity contribution in [1.29, 1.82) is 0 Å². The van der Waals surface area contributed by atoms with Crippen molar-refractivity contribution in [1.82, 2.24) is 9.99 Å². The van der Waals surface area contributed by atoms with E-state index in [-0.39, 0.29) is 5.91 Å². The number of aryl methyl sites for hydroxylation is 1. The number of methoxy groups -OCH3 is 1. The molecule has 1 N–H and O–H groups in total. The van der Waals surface area contributed by atoms with Gasteiger partial charge in [-0.25, -0.2) is 5.43 Å². The molecule has 1 aromatic heterocycles. The fourth-order valence-electron chi connectivity index (χ4n) is 3.32. The Bertz CT molecular complexity index is 1280. The number of nitrogens with zero attached hydrogens (tertiary/aromatic N) is 2. The molecule has 0 spiro atoms. The first kappa shape index (κ1) is 23.3. The lowest BCUT2D eigenvalue weighted by Gasteiger charge is -2.13. The molecule has 0 aliphatic heterocycles. The molecule has 6 nitrogen and oxygen atoms in total. The number of nitrogens with one attached hydrogen (secondary N) is 1. The van der Waals surface area contributed by atoms with E-state index in [1.54, 1.807) is 31.5 Å². The monoisotopic (exact) mass is 517 g/mol. The molecule has 0 aliphatic rings. The molecule has 34 heavy (non-hydrogen) atoms. The third-order valence-electron chi connectivity index (χ3n) is 5.17. The van der Waals surface area contributed by atoms with Crippen molar-refractivity contribution < 1.29 is 14.3 Å². The normalized spacial score (nSPS) is 10.9. The van der Waals surface area contributed by atoms with E-state index < -0.39 is 0 Å². The summed E-state index contributed by atoms with van der Waals surface area (Å²) >= 11 is 3.55. The van der Waals surface area contributed by atoms with Crippen molar-refractivity contribution in [3.8, 4) is 17.2 Å². The van der Waals surface area contributed by atoms with E-state index in [2.05, 4.69) is 38.6 Å². The third-order valence-corrected chi connectivity index (χ3v) is 5.76. The summed E-state index contributed by atoms with van der Waals surface area (Å²) < 4.78 is 14.2. The summed E-state index contributed by atoms with van der Waals surface area (Å²) in [5, 5.41) is 4.09. The molecular weight excluding hydrogens is 494 g/mol. The SMILES string of the molecule is COc1cc(C=NNC(=O)c2ccc(-n3cccc3)cc2)cc(Br)c1OCc1ccc(C)cc1. The standard InChI is InChI=1S/C27H24BrN3O3/c1-19-5-7-20(8-6-19)18-34-26-24(28)15-21(16-25(26)33-2)17-29-30-27(32)22-9-11-23(12-10-22)31-13-3-4-14-31/h3-17H,18H2,1-2H3,(H,30,32). The van der Waals surface area contributed by atoms with Gasteiger partial charge < -0.3 is 14.0 Å². The van der Waals surface area contributed by atoms with Gasteiger partial charge >= 0.3 is 0 Å². The summed E-state index contributed by atoms with van der Waals surface area (Å²) in [7, 11) is 1.58. The summed E-state index contributed by atoms with van der Waals surface area (Å²) in [6.45, 7) is 2.47. The molecule has 0 radical (unpaired) electrons. The number of rotatable bonds is 8. The Hall–Kier alpha value is -3.84. The molecule has 0 bridgehead atoms. The quantitative estimate of drug-likeness (QED) is 0.233. The van der Waals surface area contributed by atoms with Gasteiger partial charge in [-0.3, -0.25) is 4.79 Å². The molecule has 4 aromatic rings. The van der Waals surface area contributed by atoms with Gasteiger partial charge in [0.05, 0.1) is 17.8 Å². The maximum absolute atomic E-state index is 12.4. The number of amides is 1. The second-order valence-corrected chi connectivity index (χ2v) is 8.50. The van der Waals surface area contributed by atoms with Gasteiger partial charge in [0.2, 0.25) is 0 Å². The van der Waals surface area contributed by atoms with E-state index in [1.165, 1.54) is 5.56 Å². The van der Waals surface area contributed by atoms with Gasteiger partial charge in [0.25, 0.3) is 5.91 Å². The minimum Gasteiger partial charge on any atom is -0.493 e. The number of hydrogen-bond acceptors (Lipinski definition) is 4. The molecule has 3 aromatic carbocycles. The van der Waals surface area contributed by atoms with Crippen LogP contribution < -0.4 is 14.9 Å². The fourth-order valence-corrected chi connectivity index (χ4v) is 3.89. The largest absolute Gasteiger partial charge is 0.493 e. The number of hydrazone groups is 1. The van der Waals surface area contributed by atoms with E-state index in [1.807, 2.05) is 66.3 Å². The maximum atomic E-state index is 12.4. The third kappa shape index (κ3) is 5.74. The first-order chi connectivity index (χ1) is 16.5. The molecule has 1 heterocycles. The second-order valence-electron chi connectivity index (χ2n) is 7.64. The van der Waals surface area contributed by atoms with Gasteiger partial charge in [0.15, 0.2) is 11.5 Å².